The topological polar surface area (TPSA) is 102 Å². The molecule has 3 rings (SSSR count). The molecule has 0 aliphatic carbocycles. The molecule has 0 saturated carbocycles. The summed E-state index contributed by atoms with van der Waals surface area (Å²) in [5.74, 6) is -2.32. The Bertz CT molecular complexity index is 971. The molecule has 29 heavy (non-hydrogen) atoms. The lowest BCUT2D eigenvalue weighted by Crippen LogP contribution is -2.38. The molecular formula is C21H20N2O6. The molecule has 2 aromatic carbocycles. The number of amides is 2. The van der Waals surface area contributed by atoms with E-state index in [1.54, 1.807) is 42.5 Å². The van der Waals surface area contributed by atoms with Crippen molar-refractivity contribution in [3.8, 4) is 5.75 Å². The van der Waals surface area contributed by atoms with Crippen LogP contribution in [0.4, 0.5) is 11.4 Å². The van der Waals surface area contributed by atoms with Crippen molar-refractivity contribution in [2.24, 2.45) is 0 Å². The van der Waals surface area contributed by atoms with Crippen LogP contribution >= 0.6 is 0 Å². The van der Waals surface area contributed by atoms with E-state index in [2.05, 4.69) is 5.32 Å². The van der Waals surface area contributed by atoms with Crippen molar-refractivity contribution in [2.45, 2.75) is 20.0 Å². The Morgan fingerprint density at radius 1 is 1.07 bits per heavy atom. The monoisotopic (exact) mass is 396 g/mol. The zero-order valence-electron chi connectivity index (χ0n) is 16.0. The Labute approximate surface area is 167 Å². The predicted molar refractivity (Wildman–Crippen MR) is 105 cm³/mol. The van der Waals surface area contributed by atoms with Crippen molar-refractivity contribution in [1.82, 2.24) is 0 Å². The molecule has 1 heterocycles. The number of para-hydroxylation sites is 3. The van der Waals surface area contributed by atoms with Crippen molar-refractivity contribution in [2.75, 3.05) is 23.4 Å². The van der Waals surface area contributed by atoms with Crippen LogP contribution in [-0.2, 0) is 19.1 Å². The fourth-order valence-corrected chi connectivity index (χ4v) is 2.91. The van der Waals surface area contributed by atoms with E-state index in [0.29, 0.717) is 23.7 Å². The number of hydrogen-bond acceptors (Lipinski definition) is 6. The molecule has 8 nitrogen and oxygen atoms in total. The highest BCUT2D eigenvalue weighted by Crippen LogP contribution is 2.28. The molecule has 0 spiro atoms. The average molecular weight is 396 g/mol. The van der Waals surface area contributed by atoms with Crippen molar-refractivity contribution >= 4 is 34.9 Å². The summed E-state index contributed by atoms with van der Waals surface area (Å²) in [6.07, 6.45) is -1.11. The molecule has 150 valence electrons. The van der Waals surface area contributed by atoms with E-state index in [9.17, 15) is 19.2 Å². The number of nitrogens with one attached hydrogen (secondary N) is 1. The molecule has 0 unspecified atom stereocenters. The van der Waals surface area contributed by atoms with E-state index in [1.165, 1.54) is 13.0 Å². The van der Waals surface area contributed by atoms with Gasteiger partial charge < -0.3 is 14.8 Å². The summed E-state index contributed by atoms with van der Waals surface area (Å²) in [5.41, 5.74) is 1.04. The minimum atomic E-state index is -1.11. The second-order valence-electron chi connectivity index (χ2n) is 6.29. The predicted octanol–water partition coefficient (Wildman–Crippen LogP) is 2.18. The number of ether oxygens (including phenoxy) is 2. The fourth-order valence-electron chi connectivity index (χ4n) is 2.91. The Balaban J connectivity index is 1.62. The lowest BCUT2D eigenvalue weighted by atomic mass is 10.1. The van der Waals surface area contributed by atoms with E-state index in [-0.39, 0.29) is 5.56 Å². The maximum atomic E-state index is 12.4. The first kappa shape index (κ1) is 20.1. The number of carbonyl (C=O) groups is 4. The number of carbonyl (C=O) groups excluding carboxylic acids is 4. The van der Waals surface area contributed by atoms with Crippen LogP contribution in [-0.4, -0.2) is 42.8 Å². The second kappa shape index (κ2) is 8.55. The molecule has 2 aromatic rings. The highest BCUT2D eigenvalue weighted by molar-refractivity contribution is 6.52. The second-order valence-corrected chi connectivity index (χ2v) is 6.29. The van der Waals surface area contributed by atoms with E-state index in [0.717, 1.165) is 4.90 Å². The Morgan fingerprint density at radius 2 is 1.76 bits per heavy atom. The first-order valence-corrected chi connectivity index (χ1v) is 9.09. The number of nitrogens with zero attached hydrogens (tertiary/aromatic N) is 1. The van der Waals surface area contributed by atoms with Crippen molar-refractivity contribution < 1.29 is 28.7 Å². The molecule has 1 aliphatic heterocycles. The van der Waals surface area contributed by atoms with Gasteiger partial charge in [-0.3, -0.25) is 24.1 Å². The molecule has 2 amide bonds. The van der Waals surface area contributed by atoms with Crippen LogP contribution in [0.5, 0.6) is 5.75 Å². The van der Waals surface area contributed by atoms with Crippen molar-refractivity contribution in [3.63, 3.8) is 0 Å². The van der Waals surface area contributed by atoms with Gasteiger partial charge in [-0.1, -0.05) is 24.3 Å². The van der Waals surface area contributed by atoms with Gasteiger partial charge in [-0.15, -0.1) is 0 Å². The maximum absolute atomic E-state index is 12.4. The standard InChI is InChI=1S/C21H20N2O6/c1-3-28-17-11-7-5-9-15(17)22-20(26)13(2)29-18(24)12-23-16-10-6-4-8-14(16)19(25)21(23)27/h4-11,13H,3,12H2,1-2H3,(H,22,26)/t13-/m0/s1. The highest BCUT2D eigenvalue weighted by atomic mass is 16.5. The maximum Gasteiger partial charge on any atom is 0.326 e. The third-order valence-corrected chi connectivity index (χ3v) is 4.29. The zero-order chi connectivity index (χ0) is 21.0. The first-order valence-electron chi connectivity index (χ1n) is 9.09. The normalized spacial score (nSPS) is 13.7. The quantitative estimate of drug-likeness (QED) is 0.569. The van der Waals surface area contributed by atoms with Gasteiger partial charge in [0.1, 0.15) is 12.3 Å². The van der Waals surface area contributed by atoms with Crippen molar-refractivity contribution in [3.05, 3.63) is 54.1 Å². The Morgan fingerprint density at radius 3 is 2.52 bits per heavy atom. The van der Waals surface area contributed by atoms with Crippen LogP contribution < -0.4 is 15.0 Å². The van der Waals surface area contributed by atoms with Gasteiger partial charge in [-0.05, 0) is 38.1 Å². The van der Waals surface area contributed by atoms with E-state index < -0.39 is 36.2 Å². The van der Waals surface area contributed by atoms with Gasteiger partial charge in [-0.25, -0.2) is 0 Å². The van der Waals surface area contributed by atoms with E-state index >= 15 is 0 Å². The molecule has 0 aromatic heterocycles. The number of fused-ring (bicyclic) bond motifs is 1. The molecule has 0 radical (unpaired) electrons. The number of esters is 1. The summed E-state index contributed by atoms with van der Waals surface area (Å²) in [7, 11) is 0. The zero-order valence-corrected chi connectivity index (χ0v) is 16.0. The number of Topliss-reactive ketones (excluding diaryl/α,β-unsaturated/α-hetero) is 1. The molecule has 0 fully saturated rings. The van der Waals surface area contributed by atoms with Gasteiger partial charge in [0, 0.05) is 0 Å². The van der Waals surface area contributed by atoms with Crippen LogP contribution in [0.1, 0.15) is 24.2 Å². The fraction of sp³-hybridized carbons (Fsp3) is 0.238. The summed E-state index contributed by atoms with van der Waals surface area (Å²) in [4.78, 5) is 49.8. The molecule has 0 bridgehead atoms. The number of ketones is 1. The third-order valence-electron chi connectivity index (χ3n) is 4.29. The van der Waals surface area contributed by atoms with Crippen LogP contribution in [0.2, 0.25) is 0 Å². The third kappa shape index (κ3) is 4.26. The van der Waals surface area contributed by atoms with Gasteiger partial charge in [-0.2, -0.15) is 0 Å². The summed E-state index contributed by atoms with van der Waals surface area (Å²) in [6, 6.07) is 13.3. The molecule has 8 heteroatoms. The smallest absolute Gasteiger partial charge is 0.326 e. The number of anilines is 2. The number of hydrogen-bond donors (Lipinski definition) is 1. The van der Waals surface area contributed by atoms with Gasteiger partial charge in [0.25, 0.3) is 17.6 Å². The summed E-state index contributed by atoms with van der Waals surface area (Å²) < 4.78 is 10.6. The van der Waals surface area contributed by atoms with Crippen LogP contribution in [0.15, 0.2) is 48.5 Å². The highest BCUT2D eigenvalue weighted by Gasteiger charge is 2.37. The average Bonchev–Trinajstić information content (AvgIpc) is 2.94. The van der Waals surface area contributed by atoms with Crippen LogP contribution in [0.25, 0.3) is 0 Å². The van der Waals surface area contributed by atoms with E-state index in [1.807, 2.05) is 6.92 Å². The number of rotatable bonds is 7. The molecular weight excluding hydrogens is 376 g/mol. The van der Waals surface area contributed by atoms with Gasteiger partial charge >= 0.3 is 5.97 Å². The minimum absolute atomic E-state index is 0.239. The van der Waals surface area contributed by atoms with Gasteiger partial charge in [0.15, 0.2) is 6.10 Å². The summed E-state index contributed by atoms with van der Waals surface area (Å²) in [5, 5.41) is 2.65. The largest absolute Gasteiger partial charge is 0.492 e. The lowest BCUT2D eigenvalue weighted by Gasteiger charge is -2.18. The Kier molecular flexibility index (Phi) is 5.92. The lowest BCUT2D eigenvalue weighted by molar-refractivity contribution is -0.152. The molecule has 0 saturated heterocycles. The van der Waals surface area contributed by atoms with Crippen molar-refractivity contribution in [1.29, 1.82) is 0 Å². The summed E-state index contributed by atoms with van der Waals surface area (Å²) >= 11 is 0. The summed E-state index contributed by atoms with van der Waals surface area (Å²) in [6.45, 7) is 3.21. The van der Waals surface area contributed by atoms with Gasteiger partial charge in [0.05, 0.1) is 23.5 Å². The minimum Gasteiger partial charge on any atom is -0.492 e. The Hall–Kier alpha value is -3.68. The van der Waals surface area contributed by atoms with Crippen LogP contribution in [0.3, 0.4) is 0 Å². The van der Waals surface area contributed by atoms with E-state index in [4.69, 9.17) is 9.47 Å². The first-order chi connectivity index (χ1) is 13.9. The molecule has 1 aliphatic rings. The number of benzene rings is 2. The molecule has 1 atom stereocenters. The van der Waals surface area contributed by atoms with Gasteiger partial charge in [0.2, 0.25) is 0 Å². The SMILES string of the molecule is CCOc1ccccc1NC(=O)[C@H](C)OC(=O)CN1C(=O)C(=O)c2ccccc21. The van der Waals surface area contributed by atoms with Crippen LogP contribution in [0, 0.1) is 0 Å². The molecule has 1 N–H and O–H groups in total.